The molecule has 0 unspecified atom stereocenters. The third kappa shape index (κ3) is 2.93. The van der Waals surface area contributed by atoms with Crippen molar-refractivity contribution in [3.8, 4) is 0 Å². The third-order valence-electron chi connectivity index (χ3n) is 3.05. The van der Waals surface area contributed by atoms with Crippen molar-refractivity contribution in [3.05, 3.63) is 48.0 Å². The zero-order valence-electron chi connectivity index (χ0n) is 11.8. The van der Waals surface area contributed by atoms with E-state index in [4.69, 9.17) is 0 Å². The van der Waals surface area contributed by atoms with Crippen LogP contribution in [-0.2, 0) is 4.79 Å². The van der Waals surface area contributed by atoms with E-state index in [-0.39, 0.29) is 11.8 Å². The van der Waals surface area contributed by atoms with Gasteiger partial charge in [-0.2, -0.15) is 0 Å². The molecule has 22 heavy (non-hydrogen) atoms. The van der Waals surface area contributed by atoms with E-state index >= 15 is 0 Å². The second-order valence-electron chi connectivity index (χ2n) is 4.76. The van der Waals surface area contributed by atoms with Crippen LogP contribution >= 0.6 is 0 Å². The summed E-state index contributed by atoms with van der Waals surface area (Å²) in [5, 5.41) is 15.7. The molecule has 1 aromatic heterocycles. The number of anilines is 2. The van der Waals surface area contributed by atoms with Crippen molar-refractivity contribution >= 4 is 34.2 Å². The summed E-state index contributed by atoms with van der Waals surface area (Å²) in [7, 11) is 0. The zero-order chi connectivity index (χ0) is 15.5. The summed E-state index contributed by atoms with van der Waals surface area (Å²) in [5.41, 5.74) is 3.21. The number of fused-ring (bicyclic) bond motifs is 1. The molecule has 7 nitrogen and oxygen atoms in total. The van der Waals surface area contributed by atoms with Gasteiger partial charge < -0.3 is 10.6 Å². The van der Waals surface area contributed by atoms with Gasteiger partial charge in [0.15, 0.2) is 0 Å². The van der Waals surface area contributed by atoms with Crippen LogP contribution in [0.1, 0.15) is 17.3 Å². The minimum atomic E-state index is -0.239. The van der Waals surface area contributed by atoms with Gasteiger partial charge in [0.05, 0.1) is 5.52 Å². The molecule has 0 fully saturated rings. The Morgan fingerprint density at radius 2 is 1.68 bits per heavy atom. The van der Waals surface area contributed by atoms with Crippen LogP contribution in [0.5, 0.6) is 0 Å². The normalized spacial score (nSPS) is 10.4. The molecular weight excluding hydrogens is 282 g/mol. The number of aromatic nitrogens is 3. The van der Waals surface area contributed by atoms with Gasteiger partial charge in [-0.25, -0.2) is 0 Å². The molecule has 2 amide bonds. The number of benzene rings is 2. The van der Waals surface area contributed by atoms with E-state index in [2.05, 4.69) is 26.0 Å². The third-order valence-corrected chi connectivity index (χ3v) is 3.05. The van der Waals surface area contributed by atoms with Crippen LogP contribution < -0.4 is 10.6 Å². The summed E-state index contributed by atoms with van der Waals surface area (Å²) in [6.45, 7) is 1.44. The topological polar surface area (TPSA) is 99.8 Å². The summed E-state index contributed by atoms with van der Waals surface area (Å²) in [6.07, 6.45) is 0. The predicted octanol–water partition coefficient (Wildman–Crippen LogP) is 2.17. The van der Waals surface area contributed by atoms with E-state index in [9.17, 15) is 9.59 Å². The number of nitrogens with one attached hydrogen (secondary N) is 3. The fourth-order valence-corrected chi connectivity index (χ4v) is 2.03. The molecule has 110 valence electrons. The summed E-state index contributed by atoms with van der Waals surface area (Å²) in [5.74, 6) is -0.380. The molecule has 1 heterocycles. The molecular formula is C15H13N5O2. The number of carbonyl (C=O) groups is 2. The van der Waals surface area contributed by atoms with Gasteiger partial charge in [-0.1, -0.05) is 5.21 Å². The smallest absolute Gasteiger partial charge is 0.255 e. The lowest BCUT2D eigenvalue weighted by atomic mass is 10.2. The Bertz CT molecular complexity index is 839. The Morgan fingerprint density at radius 3 is 2.36 bits per heavy atom. The highest BCUT2D eigenvalue weighted by atomic mass is 16.2. The number of amides is 2. The van der Waals surface area contributed by atoms with E-state index < -0.39 is 0 Å². The van der Waals surface area contributed by atoms with Crippen molar-refractivity contribution in [2.24, 2.45) is 0 Å². The predicted molar refractivity (Wildman–Crippen MR) is 82.6 cm³/mol. The van der Waals surface area contributed by atoms with Crippen LogP contribution in [0, 0.1) is 0 Å². The number of hydrogen-bond acceptors (Lipinski definition) is 4. The van der Waals surface area contributed by atoms with Crippen LogP contribution in [0.2, 0.25) is 0 Å². The summed E-state index contributed by atoms with van der Waals surface area (Å²) < 4.78 is 0. The first-order valence-electron chi connectivity index (χ1n) is 6.61. The molecule has 0 aliphatic heterocycles. The maximum atomic E-state index is 12.2. The molecule has 0 aliphatic carbocycles. The van der Waals surface area contributed by atoms with Crippen molar-refractivity contribution in [2.45, 2.75) is 6.92 Å². The standard InChI is InChI=1S/C15H13N5O2/c1-9(21)16-11-3-5-12(6-4-11)17-15(22)10-2-7-13-14(8-10)19-20-18-13/h2-8H,1H3,(H,16,21)(H,17,22)(H,18,19,20). The fourth-order valence-electron chi connectivity index (χ4n) is 2.03. The lowest BCUT2D eigenvalue weighted by Crippen LogP contribution is -2.12. The average Bonchev–Trinajstić information content (AvgIpc) is 2.96. The molecule has 3 N–H and O–H groups in total. The molecule has 0 radical (unpaired) electrons. The first-order chi connectivity index (χ1) is 10.6. The number of carbonyl (C=O) groups excluding carboxylic acids is 2. The molecule has 0 saturated heterocycles. The van der Waals surface area contributed by atoms with Crippen LogP contribution in [0.3, 0.4) is 0 Å². The average molecular weight is 295 g/mol. The Morgan fingerprint density at radius 1 is 1.00 bits per heavy atom. The number of H-pyrrole nitrogens is 1. The number of rotatable bonds is 3. The zero-order valence-corrected chi connectivity index (χ0v) is 11.8. The first kappa shape index (κ1) is 13.7. The van der Waals surface area contributed by atoms with Gasteiger partial charge in [0, 0.05) is 23.9 Å². The molecule has 0 spiro atoms. The molecule has 0 atom stereocenters. The van der Waals surface area contributed by atoms with Crippen molar-refractivity contribution in [3.63, 3.8) is 0 Å². The highest BCUT2D eigenvalue weighted by Crippen LogP contribution is 2.16. The largest absolute Gasteiger partial charge is 0.326 e. The Labute approximate surface area is 125 Å². The molecule has 0 saturated carbocycles. The minimum absolute atomic E-state index is 0.141. The Kier molecular flexibility index (Phi) is 3.53. The van der Waals surface area contributed by atoms with Crippen molar-refractivity contribution in [2.75, 3.05) is 10.6 Å². The molecule has 3 rings (SSSR count). The van der Waals surface area contributed by atoms with E-state index in [0.29, 0.717) is 22.5 Å². The SMILES string of the molecule is CC(=O)Nc1ccc(NC(=O)c2ccc3[nH]nnc3c2)cc1. The van der Waals surface area contributed by atoms with Gasteiger partial charge in [-0.05, 0) is 42.5 Å². The van der Waals surface area contributed by atoms with Gasteiger partial charge in [-0.15, -0.1) is 5.10 Å². The van der Waals surface area contributed by atoms with Crippen molar-refractivity contribution in [1.82, 2.24) is 15.4 Å². The van der Waals surface area contributed by atoms with Gasteiger partial charge in [0.25, 0.3) is 5.91 Å². The molecule has 3 aromatic rings. The number of hydrogen-bond donors (Lipinski definition) is 3. The van der Waals surface area contributed by atoms with E-state index in [0.717, 1.165) is 5.52 Å². The lowest BCUT2D eigenvalue weighted by Gasteiger charge is -2.07. The van der Waals surface area contributed by atoms with Crippen LogP contribution in [-0.4, -0.2) is 27.2 Å². The summed E-state index contributed by atoms with van der Waals surface area (Å²) >= 11 is 0. The molecule has 2 aromatic carbocycles. The highest BCUT2D eigenvalue weighted by molar-refractivity contribution is 6.06. The number of aromatic amines is 1. The van der Waals surface area contributed by atoms with Crippen LogP contribution in [0.25, 0.3) is 11.0 Å². The van der Waals surface area contributed by atoms with Crippen molar-refractivity contribution < 1.29 is 9.59 Å². The van der Waals surface area contributed by atoms with E-state index in [1.807, 2.05) is 0 Å². The second-order valence-corrected chi connectivity index (χ2v) is 4.76. The van der Waals surface area contributed by atoms with Crippen LogP contribution in [0.4, 0.5) is 11.4 Å². The fraction of sp³-hybridized carbons (Fsp3) is 0.0667. The van der Waals surface area contributed by atoms with Crippen molar-refractivity contribution in [1.29, 1.82) is 0 Å². The summed E-state index contributed by atoms with van der Waals surface area (Å²) in [6, 6.07) is 12.0. The van der Waals surface area contributed by atoms with Gasteiger partial charge in [0.1, 0.15) is 5.52 Å². The monoisotopic (exact) mass is 295 g/mol. The number of nitrogens with zero attached hydrogens (tertiary/aromatic N) is 2. The Balaban J connectivity index is 1.74. The van der Waals surface area contributed by atoms with Gasteiger partial charge in [0.2, 0.25) is 5.91 Å². The quantitative estimate of drug-likeness (QED) is 0.689. The molecule has 0 aliphatic rings. The Hall–Kier alpha value is -3.22. The van der Waals surface area contributed by atoms with Gasteiger partial charge in [-0.3, -0.25) is 14.7 Å². The first-order valence-corrected chi connectivity index (χ1v) is 6.61. The second kappa shape index (κ2) is 5.65. The molecule has 0 bridgehead atoms. The lowest BCUT2D eigenvalue weighted by molar-refractivity contribution is -0.114. The maximum absolute atomic E-state index is 12.2. The maximum Gasteiger partial charge on any atom is 0.255 e. The van der Waals surface area contributed by atoms with Crippen LogP contribution in [0.15, 0.2) is 42.5 Å². The molecule has 7 heteroatoms. The van der Waals surface area contributed by atoms with E-state index in [1.165, 1.54) is 6.92 Å². The minimum Gasteiger partial charge on any atom is -0.326 e. The van der Waals surface area contributed by atoms with Gasteiger partial charge >= 0.3 is 0 Å². The summed E-state index contributed by atoms with van der Waals surface area (Å²) in [4.78, 5) is 23.2. The van der Waals surface area contributed by atoms with E-state index in [1.54, 1.807) is 42.5 Å². The highest BCUT2D eigenvalue weighted by Gasteiger charge is 2.08.